The SMILES string of the molecule is NC(N)=NCCCCNC(=O)C1CCc2ccccc2C1. The Hall–Kier alpha value is -2.04. The van der Waals surface area contributed by atoms with Gasteiger partial charge in [-0.3, -0.25) is 9.79 Å². The average molecular weight is 288 g/mol. The highest BCUT2D eigenvalue weighted by Crippen LogP contribution is 2.25. The van der Waals surface area contributed by atoms with Gasteiger partial charge in [-0.05, 0) is 43.2 Å². The molecule has 1 atom stereocenters. The van der Waals surface area contributed by atoms with Gasteiger partial charge in [-0.25, -0.2) is 0 Å². The minimum atomic E-state index is 0.109. The van der Waals surface area contributed by atoms with E-state index in [0.29, 0.717) is 13.1 Å². The van der Waals surface area contributed by atoms with Crippen LogP contribution < -0.4 is 16.8 Å². The fraction of sp³-hybridized carbons (Fsp3) is 0.500. The van der Waals surface area contributed by atoms with Crippen LogP contribution in [-0.2, 0) is 17.6 Å². The number of nitrogens with zero attached hydrogens (tertiary/aromatic N) is 1. The summed E-state index contributed by atoms with van der Waals surface area (Å²) in [5.74, 6) is 0.406. The number of unbranched alkanes of at least 4 members (excludes halogenated alkanes) is 1. The van der Waals surface area contributed by atoms with Crippen molar-refractivity contribution in [2.45, 2.75) is 32.1 Å². The summed E-state index contributed by atoms with van der Waals surface area (Å²) in [5.41, 5.74) is 13.2. The van der Waals surface area contributed by atoms with Crippen LogP contribution in [0.3, 0.4) is 0 Å². The maximum atomic E-state index is 12.2. The first-order chi connectivity index (χ1) is 10.2. The van der Waals surface area contributed by atoms with Gasteiger partial charge in [0.1, 0.15) is 0 Å². The second kappa shape index (κ2) is 7.67. The molecule has 2 rings (SSSR count). The summed E-state index contributed by atoms with van der Waals surface area (Å²) in [6.45, 7) is 1.31. The van der Waals surface area contributed by atoms with Crippen LogP contribution in [0.5, 0.6) is 0 Å². The van der Waals surface area contributed by atoms with Gasteiger partial charge in [0.05, 0.1) is 0 Å². The highest BCUT2D eigenvalue weighted by molar-refractivity contribution is 5.79. The van der Waals surface area contributed by atoms with Gasteiger partial charge in [-0.15, -0.1) is 0 Å². The smallest absolute Gasteiger partial charge is 0.223 e. The van der Waals surface area contributed by atoms with Crippen molar-refractivity contribution in [1.82, 2.24) is 5.32 Å². The quantitative estimate of drug-likeness (QED) is 0.413. The lowest BCUT2D eigenvalue weighted by Gasteiger charge is -2.23. The Balaban J connectivity index is 1.69. The molecular weight excluding hydrogens is 264 g/mol. The molecule has 5 nitrogen and oxygen atoms in total. The molecule has 0 aromatic heterocycles. The number of carbonyl (C=O) groups is 1. The molecule has 0 fully saturated rings. The molecule has 0 heterocycles. The Kier molecular flexibility index (Phi) is 5.60. The maximum absolute atomic E-state index is 12.2. The predicted octanol–water partition coefficient (Wildman–Crippen LogP) is 0.961. The Morgan fingerprint density at radius 2 is 2.00 bits per heavy atom. The molecule has 21 heavy (non-hydrogen) atoms. The fourth-order valence-electron chi connectivity index (χ4n) is 2.72. The van der Waals surface area contributed by atoms with Crippen LogP contribution in [0.25, 0.3) is 0 Å². The number of nitrogens with one attached hydrogen (secondary N) is 1. The Labute approximate surface area is 125 Å². The summed E-state index contributed by atoms with van der Waals surface area (Å²) in [6, 6.07) is 8.40. The number of nitrogens with two attached hydrogens (primary N) is 2. The van der Waals surface area contributed by atoms with Gasteiger partial charge >= 0.3 is 0 Å². The van der Waals surface area contributed by atoms with Gasteiger partial charge in [0.15, 0.2) is 5.96 Å². The number of amides is 1. The van der Waals surface area contributed by atoms with Crippen molar-refractivity contribution in [3.8, 4) is 0 Å². The zero-order valence-electron chi connectivity index (χ0n) is 12.3. The largest absolute Gasteiger partial charge is 0.370 e. The van der Waals surface area contributed by atoms with Crippen molar-refractivity contribution in [1.29, 1.82) is 0 Å². The summed E-state index contributed by atoms with van der Waals surface area (Å²) in [7, 11) is 0. The van der Waals surface area contributed by atoms with Gasteiger partial charge in [0.25, 0.3) is 0 Å². The van der Waals surface area contributed by atoms with Crippen molar-refractivity contribution in [3.63, 3.8) is 0 Å². The second-order valence-corrected chi connectivity index (χ2v) is 5.51. The van der Waals surface area contributed by atoms with Crippen LogP contribution in [0.1, 0.15) is 30.4 Å². The summed E-state index contributed by atoms with van der Waals surface area (Å²) in [6.07, 6.45) is 4.57. The molecule has 0 spiro atoms. The number of carbonyl (C=O) groups excluding carboxylic acids is 1. The van der Waals surface area contributed by atoms with E-state index in [9.17, 15) is 4.79 Å². The van der Waals surface area contributed by atoms with E-state index in [-0.39, 0.29) is 17.8 Å². The molecule has 5 heteroatoms. The lowest BCUT2D eigenvalue weighted by Crippen LogP contribution is -2.34. The van der Waals surface area contributed by atoms with Crippen LogP contribution in [0.4, 0.5) is 0 Å². The number of aryl methyl sites for hydroxylation is 1. The third-order valence-corrected chi connectivity index (χ3v) is 3.90. The first-order valence-corrected chi connectivity index (χ1v) is 7.56. The third kappa shape index (κ3) is 4.77. The molecule has 0 aliphatic heterocycles. The first kappa shape index (κ1) is 15.4. The molecule has 1 amide bonds. The number of fused-ring (bicyclic) bond motifs is 1. The zero-order chi connectivity index (χ0) is 15.1. The predicted molar refractivity (Wildman–Crippen MR) is 84.9 cm³/mol. The summed E-state index contributed by atoms with van der Waals surface area (Å²) < 4.78 is 0. The number of rotatable bonds is 6. The van der Waals surface area contributed by atoms with Crippen LogP contribution in [0.2, 0.25) is 0 Å². The Bertz CT molecular complexity index is 509. The van der Waals surface area contributed by atoms with E-state index in [2.05, 4.69) is 28.5 Å². The topological polar surface area (TPSA) is 93.5 Å². The highest BCUT2D eigenvalue weighted by atomic mass is 16.1. The van der Waals surface area contributed by atoms with E-state index in [1.54, 1.807) is 0 Å². The van der Waals surface area contributed by atoms with Gasteiger partial charge in [-0.1, -0.05) is 24.3 Å². The van der Waals surface area contributed by atoms with Crippen LogP contribution in [-0.4, -0.2) is 25.0 Å². The van der Waals surface area contributed by atoms with Gasteiger partial charge in [-0.2, -0.15) is 0 Å². The number of benzene rings is 1. The molecule has 5 N–H and O–H groups in total. The number of guanidine groups is 1. The van der Waals surface area contributed by atoms with Crippen molar-refractivity contribution in [2.75, 3.05) is 13.1 Å². The van der Waals surface area contributed by atoms with E-state index in [1.165, 1.54) is 11.1 Å². The standard InChI is InChI=1S/C16H24N4O/c17-16(18)20-10-4-3-9-19-15(21)14-8-7-12-5-1-2-6-13(12)11-14/h1-2,5-6,14H,3-4,7-11H2,(H,19,21)(H4,17,18,20). The van der Waals surface area contributed by atoms with Gasteiger partial charge in [0, 0.05) is 19.0 Å². The lowest BCUT2D eigenvalue weighted by atomic mass is 9.83. The minimum Gasteiger partial charge on any atom is -0.370 e. The van der Waals surface area contributed by atoms with E-state index >= 15 is 0 Å². The molecule has 114 valence electrons. The van der Waals surface area contributed by atoms with Gasteiger partial charge in [0.2, 0.25) is 5.91 Å². The summed E-state index contributed by atoms with van der Waals surface area (Å²) in [5, 5.41) is 3.02. The van der Waals surface area contributed by atoms with E-state index in [1.807, 2.05) is 6.07 Å². The van der Waals surface area contributed by atoms with Crippen molar-refractivity contribution in [2.24, 2.45) is 22.4 Å². The molecule has 1 aromatic rings. The molecule has 0 radical (unpaired) electrons. The summed E-state index contributed by atoms with van der Waals surface area (Å²) in [4.78, 5) is 16.1. The minimum absolute atomic E-state index is 0.109. The first-order valence-electron chi connectivity index (χ1n) is 7.56. The zero-order valence-corrected chi connectivity index (χ0v) is 12.3. The van der Waals surface area contributed by atoms with Crippen LogP contribution in [0.15, 0.2) is 29.3 Å². The van der Waals surface area contributed by atoms with Crippen LogP contribution >= 0.6 is 0 Å². The molecular formula is C16H24N4O. The average Bonchev–Trinajstić information content (AvgIpc) is 2.49. The maximum Gasteiger partial charge on any atom is 0.223 e. The molecule has 1 aromatic carbocycles. The number of hydrogen-bond donors (Lipinski definition) is 3. The lowest BCUT2D eigenvalue weighted by molar-refractivity contribution is -0.125. The molecule has 1 aliphatic rings. The Morgan fingerprint density at radius 1 is 1.24 bits per heavy atom. The van der Waals surface area contributed by atoms with E-state index in [0.717, 1.165) is 32.1 Å². The number of hydrogen-bond acceptors (Lipinski definition) is 2. The van der Waals surface area contributed by atoms with Gasteiger partial charge < -0.3 is 16.8 Å². The van der Waals surface area contributed by atoms with Crippen LogP contribution in [0, 0.1) is 5.92 Å². The van der Waals surface area contributed by atoms with Crippen molar-refractivity contribution in [3.05, 3.63) is 35.4 Å². The number of aliphatic imine (C=N–C) groups is 1. The molecule has 0 saturated carbocycles. The molecule has 0 bridgehead atoms. The van der Waals surface area contributed by atoms with E-state index in [4.69, 9.17) is 11.5 Å². The normalized spacial score (nSPS) is 16.9. The molecule has 1 unspecified atom stereocenters. The molecule has 1 aliphatic carbocycles. The molecule has 0 saturated heterocycles. The van der Waals surface area contributed by atoms with Crippen molar-refractivity contribution < 1.29 is 4.79 Å². The summed E-state index contributed by atoms with van der Waals surface area (Å²) >= 11 is 0. The third-order valence-electron chi connectivity index (χ3n) is 3.90. The monoisotopic (exact) mass is 288 g/mol. The van der Waals surface area contributed by atoms with Crippen molar-refractivity contribution >= 4 is 11.9 Å². The fourth-order valence-corrected chi connectivity index (χ4v) is 2.72. The Morgan fingerprint density at radius 3 is 2.76 bits per heavy atom. The highest BCUT2D eigenvalue weighted by Gasteiger charge is 2.23. The van der Waals surface area contributed by atoms with E-state index < -0.39 is 0 Å². The second-order valence-electron chi connectivity index (χ2n) is 5.51.